The standard InChI is InChI=1S/C31H21BN3O2/c36-32-37-26-15-5-13-25(19-26)29-20-28(34-31(35-29)22-8-2-1-3-9-22)24-12-4-11-23(18-24)27-16-6-10-21-14-7-17-33-30(21)27/h1-20,36H. The second-order valence-electron chi connectivity index (χ2n) is 8.54. The summed E-state index contributed by atoms with van der Waals surface area (Å²) in [5.74, 6) is 1.15. The number of para-hydroxylation sites is 1. The van der Waals surface area contributed by atoms with Crippen LogP contribution in [0.5, 0.6) is 5.75 Å². The molecule has 0 unspecified atom stereocenters. The van der Waals surface area contributed by atoms with E-state index in [9.17, 15) is 0 Å². The van der Waals surface area contributed by atoms with Gasteiger partial charge in [-0.25, -0.2) is 9.97 Å². The third kappa shape index (κ3) is 4.70. The highest BCUT2D eigenvalue weighted by molar-refractivity contribution is 6.17. The largest absolute Gasteiger partial charge is 0.569 e. The maximum absolute atomic E-state index is 9.08. The van der Waals surface area contributed by atoms with Crippen LogP contribution in [0.15, 0.2) is 121 Å². The van der Waals surface area contributed by atoms with Gasteiger partial charge in [0.2, 0.25) is 0 Å². The van der Waals surface area contributed by atoms with E-state index in [0.29, 0.717) is 19.3 Å². The number of hydrogen-bond acceptors (Lipinski definition) is 5. The van der Waals surface area contributed by atoms with Gasteiger partial charge in [-0.15, -0.1) is 0 Å². The predicted molar refractivity (Wildman–Crippen MR) is 148 cm³/mol. The van der Waals surface area contributed by atoms with Crippen LogP contribution in [0, 0.1) is 0 Å². The molecule has 6 heteroatoms. The zero-order chi connectivity index (χ0) is 25.0. The van der Waals surface area contributed by atoms with Gasteiger partial charge < -0.3 is 9.68 Å². The third-order valence-corrected chi connectivity index (χ3v) is 6.18. The lowest BCUT2D eigenvalue weighted by atomic mass is 9.98. The van der Waals surface area contributed by atoms with E-state index >= 15 is 0 Å². The molecular formula is C31H21BN3O2. The average molecular weight is 478 g/mol. The summed E-state index contributed by atoms with van der Waals surface area (Å²) in [5, 5.41) is 10.2. The van der Waals surface area contributed by atoms with E-state index in [4.69, 9.17) is 19.6 Å². The second-order valence-corrected chi connectivity index (χ2v) is 8.54. The molecule has 0 amide bonds. The SMILES string of the molecule is O[B]Oc1cccc(-c2cc(-c3cccc(-c4cccc5cccnc45)c3)nc(-c3ccccc3)n2)c1. The molecule has 175 valence electrons. The van der Waals surface area contributed by atoms with Crippen LogP contribution in [0.3, 0.4) is 0 Å². The number of nitrogens with zero attached hydrogens (tertiary/aromatic N) is 3. The van der Waals surface area contributed by atoms with Crippen molar-refractivity contribution in [2.75, 3.05) is 0 Å². The van der Waals surface area contributed by atoms with Crippen molar-refractivity contribution in [3.63, 3.8) is 0 Å². The zero-order valence-electron chi connectivity index (χ0n) is 19.8. The van der Waals surface area contributed by atoms with E-state index in [1.165, 1.54) is 0 Å². The highest BCUT2D eigenvalue weighted by Gasteiger charge is 2.13. The van der Waals surface area contributed by atoms with Gasteiger partial charge >= 0.3 is 7.69 Å². The van der Waals surface area contributed by atoms with Crippen LogP contribution in [0.25, 0.3) is 55.9 Å². The average Bonchev–Trinajstić information content (AvgIpc) is 2.97. The topological polar surface area (TPSA) is 68.1 Å². The van der Waals surface area contributed by atoms with Crippen LogP contribution in [0.2, 0.25) is 0 Å². The van der Waals surface area contributed by atoms with Crippen molar-refractivity contribution in [2.24, 2.45) is 0 Å². The summed E-state index contributed by atoms with van der Waals surface area (Å²) in [6.45, 7) is 0. The Morgan fingerprint density at radius 1 is 0.595 bits per heavy atom. The highest BCUT2D eigenvalue weighted by Crippen LogP contribution is 2.33. The molecule has 0 saturated carbocycles. The van der Waals surface area contributed by atoms with E-state index in [1.54, 1.807) is 6.07 Å². The van der Waals surface area contributed by atoms with Gasteiger partial charge in [0, 0.05) is 33.8 Å². The van der Waals surface area contributed by atoms with Crippen LogP contribution in [0.1, 0.15) is 0 Å². The first-order valence-corrected chi connectivity index (χ1v) is 11.9. The number of fused-ring (bicyclic) bond motifs is 1. The number of pyridine rings is 1. The summed E-state index contributed by atoms with van der Waals surface area (Å²) in [4.78, 5) is 14.5. The molecule has 2 aromatic heterocycles. The van der Waals surface area contributed by atoms with Gasteiger partial charge in [-0.05, 0) is 35.9 Å². The fourth-order valence-corrected chi connectivity index (χ4v) is 4.43. The van der Waals surface area contributed by atoms with Crippen molar-refractivity contribution in [2.45, 2.75) is 0 Å². The molecule has 1 radical (unpaired) electrons. The Balaban J connectivity index is 1.50. The minimum absolute atomic E-state index is 0.520. The highest BCUT2D eigenvalue weighted by atomic mass is 16.5. The number of rotatable bonds is 6. The van der Waals surface area contributed by atoms with Crippen molar-refractivity contribution in [1.82, 2.24) is 15.0 Å². The van der Waals surface area contributed by atoms with Gasteiger partial charge in [0.1, 0.15) is 5.75 Å². The van der Waals surface area contributed by atoms with Crippen molar-refractivity contribution in [3.8, 4) is 50.8 Å². The fourth-order valence-electron chi connectivity index (χ4n) is 4.43. The first kappa shape index (κ1) is 22.6. The monoisotopic (exact) mass is 478 g/mol. The molecule has 0 aliphatic rings. The first-order valence-electron chi connectivity index (χ1n) is 11.9. The summed E-state index contributed by atoms with van der Waals surface area (Å²) in [7, 11) is 0.674. The zero-order valence-corrected chi connectivity index (χ0v) is 19.8. The molecule has 5 nitrogen and oxygen atoms in total. The molecule has 2 heterocycles. The summed E-state index contributed by atoms with van der Waals surface area (Å²) < 4.78 is 5.18. The molecule has 1 N–H and O–H groups in total. The Hall–Kier alpha value is -4.81. The van der Waals surface area contributed by atoms with Gasteiger partial charge in [-0.3, -0.25) is 4.98 Å². The molecule has 6 aromatic rings. The van der Waals surface area contributed by atoms with E-state index < -0.39 is 0 Å². The Labute approximate surface area is 215 Å². The van der Waals surface area contributed by atoms with Gasteiger partial charge in [0.15, 0.2) is 5.82 Å². The van der Waals surface area contributed by atoms with Crippen molar-refractivity contribution >= 4 is 18.6 Å². The molecular weight excluding hydrogens is 457 g/mol. The molecule has 0 fully saturated rings. The minimum Gasteiger partial charge on any atom is -0.537 e. The number of aromatic nitrogens is 3. The van der Waals surface area contributed by atoms with Crippen molar-refractivity contribution < 1.29 is 9.68 Å². The van der Waals surface area contributed by atoms with Crippen molar-refractivity contribution in [1.29, 1.82) is 0 Å². The van der Waals surface area contributed by atoms with Crippen LogP contribution >= 0.6 is 0 Å². The van der Waals surface area contributed by atoms with Crippen molar-refractivity contribution in [3.05, 3.63) is 121 Å². The van der Waals surface area contributed by atoms with Gasteiger partial charge in [-0.1, -0.05) is 84.9 Å². The van der Waals surface area contributed by atoms with Gasteiger partial charge in [0.05, 0.1) is 16.9 Å². The van der Waals surface area contributed by atoms with Crippen LogP contribution in [0.4, 0.5) is 0 Å². The lowest BCUT2D eigenvalue weighted by Crippen LogP contribution is -2.00. The van der Waals surface area contributed by atoms with E-state index in [-0.39, 0.29) is 0 Å². The third-order valence-electron chi connectivity index (χ3n) is 6.18. The normalized spacial score (nSPS) is 10.8. The number of hydrogen-bond donors (Lipinski definition) is 1. The fraction of sp³-hybridized carbons (Fsp3) is 0. The number of benzene rings is 4. The lowest BCUT2D eigenvalue weighted by Gasteiger charge is -2.12. The predicted octanol–water partition coefficient (Wildman–Crippen LogP) is 6.60. The smallest absolute Gasteiger partial charge is 0.537 e. The van der Waals surface area contributed by atoms with Crippen LogP contribution in [-0.2, 0) is 0 Å². The van der Waals surface area contributed by atoms with E-state index in [1.807, 2.05) is 72.9 Å². The summed E-state index contributed by atoms with van der Waals surface area (Å²) in [6.07, 6.45) is 1.82. The molecule has 6 rings (SSSR count). The quantitative estimate of drug-likeness (QED) is 0.273. The molecule has 0 spiro atoms. The minimum atomic E-state index is 0.520. The summed E-state index contributed by atoms with van der Waals surface area (Å²) in [6, 6.07) is 38.0. The second kappa shape index (κ2) is 10.1. The molecule has 4 aromatic carbocycles. The summed E-state index contributed by atoms with van der Waals surface area (Å²) >= 11 is 0. The maximum atomic E-state index is 9.08. The molecule has 0 saturated heterocycles. The Morgan fingerprint density at radius 3 is 2.08 bits per heavy atom. The Bertz CT molecular complexity index is 1700. The maximum Gasteiger partial charge on any atom is 0.569 e. The van der Waals surface area contributed by atoms with Gasteiger partial charge in [-0.2, -0.15) is 0 Å². The Morgan fingerprint density at radius 2 is 1.27 bits per heavy atom. The van der Waals surface area contributed by atoms with Crippen LogP contribution < -0.4 is 4.65 Å². The lowest BCUT2D eigenvalue weighted by molar-refractivity contribution is 0.454. The van der Waals surface area contributed by atoms with Crippen LogP contribution in [-0.4, -0.2) is 27.7 Å². The van der Waals surface area contributed by atoms with E-state index in [2.05, 4.69) is 47.4 Å². The molecule has 0 bridgehead atoms. The Kier molecular flexibility index (Phi) is 6.15. The van der Waals surface area contributed by atoms with Gasteiger partial charge in [0.25, 0.3) is 0 Å². The van der Waals surface area contributed by atoms with E-state index in [0.717, 1.165) is 50.1 Å². The molecule has 0 aliphatic carbocycles. The molecule has 0 aliphatic heterocycles. The first-order chi connectivity index (χ1) is 18.3. The molecule has 0 atom stereocenters. The molecule has 37 heavy (non-hydrogen) atoms. The summed E-state index contributed by atoms with van der Waals surface area (Å²) in [5.41, 5.74) is 7.42.